The van der Waals surface area contributed by atoms with Crippen LogP contribution < -0.4 is 10.9 Å². The van der Waals surface area contributed by atoms with E-state index in [0.29, 0.717) is 29.6 Å². The van der Waals surface area contributed by atoms with Crippen LogP contribution in [0.2, 0.25) is 0 Å². The van der Waals surface area contributed by atoms with Crippen molar-refractivity contribution in [2.24, 2.45) is 11.8 Å². The Morgan fingerprint density at radius 1 is 1.57 bits per heavy atom. The number of amides is 1. The van der Waals surface area contributed by atoms with Gasteiger partial charge in [0, 0.05) is 25.3 Å². The summed E-state index contributed by atoms with van der Waals surface area (Å²) >= 11 is 0. The quantitative estimate of drug-likeness (QED) is 0.856. The molecule has 0 aliphatic carbocycles. The number of rotatable bonds is 5. The first kappa shape index (κ1) is 17.2. The van der Waals surface area contributed by atoms with E-state index in [4.69, 9.17) is 5.26 Å². The van der Waals surface area contributed by atoms with Gasteiger partial charge in [0.1, 0.15) is 11.6 Å². The van der Waals surface area contributed by atoms with Crippen molar-refractivity contribution in [3.05, 3.63) is 33.2 Å². The van der Waals surface area contributed by atoms with Gasteiger partial charge in [-0.3, -0.25) is 9.59 Å². The van der Waals surface area contributed by atoms with E-state index in [-0.39, 0.29) is 11.5 Å². The molecule has 1 aromatic heterocycles. The Kier molecular flexibility index (Phi) is 5.56. The molecule has 0 spiro atoms. The summed E-state index contributed by atoms with van der Waals surface area (Å²) in [5.41, 5.74) is 0.351. The zero-order chi connectivity index (χ0) is 17.0. The highest BCUT2D eigenvalue weighted by molar-refractivity contribution is 5.95. The van der Waals surface area contributed by atoms with Crippen molar-refractivity contribution in [2.75, 3.05) is 26.2 Å². The van der Waals surface area contributed by atoms with Crippen LogP contribution in [-0.2, 0) is 0 Å². The van der Waals surface area contributed by atoms with Gasteiger partial charge in [-0.05, 0) is 37.8 Å². The largest absolute Gasteiger partial charge is 0.352 e. The summed E-state index contributed by atoms with van der Waals surface area (Å²) in [5, 5.41) is 11.8. The second-order valence-corrected chi connectivity index (χ2v) is 6.68. The summed E-state index contributed by atoms with van der Waals surface area (Å²) in [6, 6.07) is 3.17. The monoisotopic (exact) mass is 316 g/mol. The van der Waals surface area contributed by atoms with Crippen LogP contribution in [0.3, 0.4) is 0 Å². The lowest BCUT2D eigenvalue weighted by atomic mass is 10.1. The van der Waals surface area contributed by atoms with Crippen LogP contribution in [0.1, 0.15) is 41.9 Å². The average Bonchev–Trinajstić information content (AvgIpc) is 2.91. The maximum atomic E-state index is 12.3. The Bertz CT molecular complexity index is 672. The first-order valence-electron chi connectivity index (χ1n) is 8.05. The first-order valence-corrected chi connectivity index (χ1v) is 8.05. The number of nitrogens with zero attached hydrogens (tertiary/aromatic N) is 2. The number of H-pyrrole nitrogens is 1. The van der Waals surface area contributed by atoms with Gasteiger partial charge < -0.3 is 15.2 Å². The lowest BCUT2D eigenvalue weighted by Gasteiger charge is -2.18. The van der Waals surface area contributed by atoms with E-state index in [0.717, 1.165) is 26.1 Å². The number of aromatic nitrogens is 1. The molecule has 1 aliphatic heterocycles. The molecule has 1 atom stereocenters. The molecule has 1 amide bonds. The van der Waals surface area contributed by atoms with E-state index < -0.39 is 5.56 Å². The number of carbonyl (C=O) groups is 1. The predicted molar refractivity (Wildman–Crippen MR) is 88.2 cm³/mol. The van der Waals surface area contributed by atoms with E-state index in [1.54, 1.807) is 6.92 Å². The Morgan fingerprint density at radius 2 is 2.30 bits per heavy atom. The van der Waals surface area contributed by atoms with Gasteiger partial charge in [-0.15, -0.1) is 0 Å². The molecule has 2 rings (SSSR count). The number of aromatic amines is 1. The SMILES string of the molecule is Cc1[nH]c(=O)c(C#N)cc1C(=O)NCC1CCN(CC(C)C)C1. The zero-order valence-electron chi connectivity index (χ0n) is 14.0. The number of aryl methyl sites for hydroxylation is 1. The molecule has 23 heavy (non-hydrogen) atoms. The summed E-state index contributed by atoms with van der Waals surface area (Å²) in [7, 11) is 0. The smallest absolute Gasteiger partial charge is 0.266 e. The molecular formula is C17H24N4O2. The molecule has 6 heteroatoms. The summed E-state index contributed by atoms with van der Waals surface area (Å²) in [4.78, 5) is 28.8. The molecule has 124 valence electrons. The van der Waals surface area contributed by atoms with Crippen LogP contribution >= 0.6 is 0 Å². The molecule has 1 fully saturated rings. The fraction of sp³-hybridized carbons (Fsp3) is 0.588. The Morgan fingerprint density at radius 3 is 2.96 bits per heavy atom. The minimum Gasteiger partial charge on any atom is -0.352 e. The zero-order valence-corrected chi connectivity index (χ0v) is 14.0. The molecule has 1 aliphatic rings. The lowest BCUT2D eigenvalue weighted by Crippen LogP contribution is -2.33. The van der Waals surface area contributed by atoms with Gasteiger partial charge in [0.05, 0.1) is 5.56 Å². The fourth-order valence-electron chi connectivity index (χ4n) is 3.04. The van der Waals surface area contributed by atoms with E-state index in [1.807, 2.05) is 6.07 Å². The number of nitrogens with one attached hydrogen (secondary N) is 2. The van der Waals surface area contributed by atoms with Gasteiger partial charge >= 0.3 is 0 Å². The van der Waals surface area contributed by atoms with Crippen LogP contribution in [0.5, 0.6) is 0 Å². The minimum absolute atomic E-state index is 0.0373. The third-order valence-electron chi connectivity index (χ3n) is 4.15. The number of likely N-dealkylation sites (tertiary alicyclic amines) is 1. The van der Waals surface area contributed by atoms with E-state index in [2.05, 4.69) is 29.0 Å². The van der Waals surface area contributed by atoms with Crippen molar-refractivity contribution < 1.29 is 4.79 Å². The summed E-state index contributed by atoms with van der Waals surface area (Å²) in [6.45, 7) is 9.88. The molecule has 1 unspecified atom stereocenters. The molecule has 0 saturated carbocycles. The average molecular weight is 316 g/mol. The molecule has 1 saturated heterocycles. The molecule has 2 N–H and O–H groups in total. The molecular weight excluding hydrogens is 292 g/mol. The lowest BCUT2D eigenvalue weighted by molar-refractivity contribution is 0.0946. The minimum atomic E-state index is -0.457. The van der Waals surface area contributed by atoms with Gasteiger partial charge in [-0.2, -0.15) is 5.26 Å². The van der Waals surface area contributed by atoms with Crippen molar-refractivity contribution in [1.29, 1.82) is 5.26 Å². The number of nitriles is 1. The molecule has 6 nitrogen and oxygen atoms in total. The molecule has 0 bridgehead atoms. The van der Waals surface area contributed by atoms with Crippen LogP contribution in [0.4, 0.5) is 0 Å². The van der Waals surface area contributed by atoms with Gasteiger partial charge in [0.25, 0.3) is 11.5 Å². The van der Waals surface area contributed by atoms with Crippen molar-refractivity contribution in [2.45, 2.75) is 27.2 Å². The number of hydrogen-bond donors (Lipinski definition) is 2. The van der Waals surface area contributed by atoms with Crippen molar-refractivity contribution in [1.82, 2.24) is 15.2 Å². The Labute approximate surface area is 136 Å². The maximum Gasteiger partial charge on any atom is 0.266 e. The molecule has 0 radical (unpaired) electrons. The Hall–Kier alpha value is -2.13. The fourth-order valence-corrected chi connectivity index (χ4v) is 3.04. The normalized spacial score (nSPS) is 18.1. The van der Waals surface area contributed by atoms with Gasteiger partial charge in [-0.1, -0.05) is 13.8 Å². The van der Waals surface area contributed by atoms with Crippen molar-refractivity contribution >= 4 is 5.91 Å². The van der Waals surface area contributed by atoms with E-state index >= 15 is 0 Å². The highest BCUT2D eigenvalue weighted by Gasteiger charge is 2.23. The highest BCUT2D eigenvalue weighted by Crippen LogP contribution is 2.17. The number of hydrogen-bond acceptors (Lipinski definition) is 4. The third kappa shape index (κ3) is 4.42. The van der Waals surface area contributed by atoms with Crippen LogP contribution in [0.15, 0.2) is 10.9 Å². The standard InChI is InChI=1S/C17H24N4O2/c1-11(2)9-21-5-4-13(10-21)8-19-17(23)15-6-14(7-18)16(22)20-12(15)3/h6,11,13H,4-5,8-10H2,1-3H3,(H,19,23)(H,20,22). The maximum absolute atomic E-state index is 12.3. The van der Waals surface area contributed by atoms with E-state index in [1.165, 1.54) is 6.07 Å². The third-order valence-corrected chi connectivity index (χ3v) is 4.15. The van der Waals surface area contributed by atoms with Crippen molar-refractivity contribution in [3.63, 3.8) is 0 Å². The number of carbonyl (C=O) groups excluding carboxylic acids is 1. The van der Waals surface area contributed by atoms with Crippen molar-refractivity contribution in [3.8, 4) is 6.07 Å². The summed E-state index contributed by atoms with van der Waals surface area (Å²) in [5.74, 6) is 0.866. The predicted octanol–water partition coefficient (Wildman–Crippen LogP) is 1.26. The van der Waals surface area contributed by atoms with Gasteiger partial charge in [0.2, 0.25) is 0 Å². The first-order chi connectivity index (χ1) is 10.9. The van der Waals surface area contributed by atoms with Crippen LogP contribution in [0.25, 0.3) is 0 Å². The molecule has 0 aromatic carbocycles. The molecule has 1 aromatic rings. The highest BCUT2D eigenvalue weighted by atomic mass is 16.1. The van der Waals surface area contributed by atoms with Gasteiger partial charge in [-0.25, -0.2) is 0 Å². The topological polar surface area (TPSA) is 89.0 Å². The Balaban J connectivity index is 1.94. The second kappa shape index (κ2) is 7.42. The summed E-state index contributed by atoms with van der Waals surface area (Å²) in [6.07, 6.45) is 1.08. The van der Waals surface area contributed by atoms with Crippen LogP contribution in [-0.4, -0.2) is 42.0 Å². The second-order valence-electron chi connectivity index (χ2n) is 6.68. The summed E-state index contributed by atoms with van der Waals surface area (Å²) < 4.78 is 0. The number of pyridine rings is 1. The van der Waals surface area contributed by atoms with Gasteiger partial charge in [0.15, 0.2) is 0 Å². The van der Waals surface area contributed by atoms with Crippen LogP contribution in [0, 0.1) is 30.1 Å². The van der Waals surface area contributed by atoms with E-state index in [9.17, 15) is 9.59 Å². The molecule has 2 heterocycles.